The molecule has 2 aromatic carbocycles. The van der Waals surface area contributed by atoms with Gasteiger partial charge in [0.2, 0.25) is 23.6 Å². The van der Waals surface area contributed by atoms with Crippen molar-refractivity contribution in [2.24, 2.45) is 0 Å². The van der Waals surface area contributed by atoms with Gasteiger partial charge >= 0.3 is 0 Å². The van der Waals surface area contributed by atoms with Gasteiger partial charge in [0.25, 0.3) is 11.8 Å². The largest absolute Gasteiger partial charge is 0.507 e. The Morgan fingerprint density at radius 2 is 1.67 bits per heavy atom. The number of amides is 6. The number of fused-ring (bicyclic) bond motifs is 1. The highest BCUT2D eigenvalue weighted by Crippen LogP contribution is 2.34. The van der Waals surface area contributed by atoms with E-state index in [1.54, 1.807) is 30.3 Å². The molecule has 0 saturated carbocycles. The number of hydrogen-bond donors (Lipinski definition) is 5. The van der Waals surface area contributed by atoms with E-state index in [-0.39, 0.29) is 53.9 Å². The summed E-state index contributed by atoms with van der Waals surface area (Å²) in [7, 11) is 0. The topological polar surface area (TPSA) is 226 Å². The molecule has 6 amide bonds. The van der Waals surface area contributed by atoms with E-state index in [9.17, 15) is 33.9 Å². The van der Waals surface area contributed by atoms with Crippen molar-refractivity contribution in [1.82, 2.24) is 25.7 Å². The molecule has 1 aromatic heterocycles. The fraction of sp³-hybridized carbons (Fsp3) is 0.312. The summed E-state index contributed by atoms with van der Waals surface area (Å²) in [6.07, 6.45) is 1.22. The van der Waals surface area contributed by atoms with Crippen molar-refractivity contribution >= 4 is 52.6 Å². The van der Waals surface area contributed by atoms with Gasteiger partial charge in [0.1, 0.15) is 25.0 Å². The Hall–Kier alpha value is -5.90. The number of imide groups is 2. The average molecular weight is 657 g/mol. The van der Waals surface area contributed by atoms with Gasteiger partial charge in [0, 0.05) is 31.1 Å². The normalized spacial score (nSPS) is 18.0. The number of phenols is 1. The quantitative estimate of drug-likeness (QED) is 0.199. The van der Waals surface area contributed by atoms with Crippen molar-refractivity contribution in [3.8, 4) is 17.0 Å². The monoisotopic (exact) mass is 656 g/mol. The minimum atomic E-state index is -1.14. The smallest absolute Gasteiger partial charge is 0.264 e. The molecule has 6 N–H and O–H groups in total. The Bertz CT molecular complexity index is 1820. The first-order valence-corrected chi connectivity index (χ1v) is 15.3. The van der Waals surface area contributed by atoms with Crippen LogP contribution in [0, 0.1) is 0 Å². The Balaban J connectivity index is 0.972. The number of phenolic OH excluding ortho intramolecular Hbond substituents is 1. The number of nitrogens with two attached hydrogens (primary N) is 1. The number of benzene rings is 2. The van der Waals surface area contributed by atoms with Crippen LogP contribution in [0.5, 0.6) is 5.75 Å². The van der Waals surface area contributed by atoms with Gasteiger partial charge in [0.15, 0.2) is 5.82 Å². The second-order valence-electron chi connectivity index (χ2n) is 11.6. The van der Waals surface area contributed by atoms with Crippen LogP contribution in [-0.4, -0.2) is 94.0 Å². The average Bonchev–Trinajstić information content (AvgIpc) is 3.32. The zero-order valence-electron chi connectivity index (χ0n) is 25.6. The van der Waals surface area contributed by atoms with Crippen LogP contribution in [0.4, 0.5) is 17.2 Å². The summed E-state index contributed by atoms with van der Waals surface area (Å²) in [6, 6.07) is 11.7. The number of carbonyl (C=O) groups is 6. The number of para-hydroxylation sites is 1. The van der Waals surface area contributed by atoms with Crippen molar-refractivity contribution in [3.63, 3.8) is 0 Å². The maximum atomic E-state index is 13.2. The number of anilines is 3. The van der Waals surface area contributed by atoms with Gasteiger partial charge in [-0.2, -0.15) is 0 Å². The van der Waals surface area contributed by atoms with Crippen molar-refractivity contribution < 1.29 is 38.6 Å². The molecule has 1 unspecified atom stereocenters. The van der Waals surface area contributed by atoms with Gasteiger partial charge in [-0.25, -0.2) is 0 Å². The molecule has 0 spiro atoms. The number of nitrogen functional groups attached to an aromatic ring is 1. The number of hydrogen-bond acceptors (Lipinski definition) is 12. The zero-order chi connectivity index (χ0) is 33.9. The van der Waals surface area contributed by atoms with E-state index >= 15 is 0 Å². The number of rotatable bonds is 9. The predicted molar refractivity (Wildman–Crippen MR) is 169 cm³/mol. The Labute approximate surface area is 273 Å². The maximum absolute atomic E-state index is 13.2. The molecule has 48 heavy (non-hydrogen) atoms. The lowest BCUT2D eigenvalue weighted by atomic mass is 10.0. The molecule has 248 valence electrons. The van der Waals surface area contributed by atoms with Crippen molar-refractivity contribution in [1.29, 1.82) is 0 Å². The van der Waals surface area contributed by atoms with Gasteiger partial charge in [0.05, 0.1) is 28.2 Å². The minimum absolute atomic E-state index is 0.00537. The molecule has 4 heterocycles. The standard InChI is InChI=1S/C32H32N8O8/c33-29-23(14-21(37-38-29)18-4-1-2-7-24(18)41)39-12-10-17(11-13-39)34-26(43)15-48-16-27(44)35-20-6-3-5-19-28(20)32(47)40(31(19)46)22-8-9-25(42)36-30(22)45/h1-7,14,17,22,41H,8-13,15-16H2,(H2,33,38)(H,34,43)(H,35,44)(H,36,42,45). The van der Waals surface area contributed by atoms with Crippen LogP contribution in [0.2, 0.25) is 0 Å². The summed E-state index contributed by atoms with van der Waals surface area (Å²) in [5.41, 5.74) is 7.83. The first-order chi connectivity index (χ1) is 23.1. The van der Waals surface area contributed by atoms with Crippen LogP contribution in [0.1, 0.15) is 46.4 Å². The molecular weight excluding hydrogens is 624 g/mol. The molecule has 6 rings (SSSR count). The number of aromatic hydroxyl groups is 1. The Morgan fingerprint density at radius 3 is 2.42 bits per heavy atom. The molecule has 0 aliphatic carbocycles. The van der Waals surface area contributed by atoms with E-state index in [0.29, 0.717) is 42.9 Å². The lowest BCUT2D eigenvalue weighted by Crippen LogP contribution is -2.54. The third-order valence-corrected chi connectivity index (χ3v) is 8.39. The number of aromatic nitrogens is 2. The van der Waals surface area contributed by atoms with Gasteiger partial charge in [-0.05, 0) is 49.6 Å². The summed E-state index contributed by atoms with van der Waals surface area (Å²) >= 11 is 0. The Morgan fingerprint density at radius 1 is 0.938 bits per heavy atom. The van der Waals surface area contributed by atoms with Crippen LogP contribution < -0.4 is 26.6 Å². The fourth-order valence-corrected chi connectivity index (χ4v) is 6.04. The molecule has 16 nitrogen and oxygen atoms in total. The van der Waals surface area contributed by atoms with Crippen LogP contribution in [-0.2, 0) is 23.9 Å². The molecule has 0 bridgehead atoms. The number of carbonyl (C=O) groups excluding carboxylic acids is 6. The number of nitrogens with zero attached hydrogens (tertiary/aromatic N) is 4. The molecule has 0 radical (unpaired) electrons. The van der Waals surface area contributed by atoms with E-state index in [0.717, 1.165) is 4.90 Å². The van der Waals surface area contributed by atoms with Gasteiger partial charge in [-0.15, -0.1) is 10.2 Å². The third kappa shape index (κ3) is 6.50. The van der Waals surface area contributed by atoms with Crippen LogP contribution >= 0.6 is 0 Å². The van der Waals surface area contributed by atoms with Crippen LogP contribution in [0.25, 0.3) is 11.3 Å². The minimum Gasteiger partial charge on any atom is -0.507 e. The van der Waals surface area contributed by atoms with Crippen molar-refractivity contribution in [3.05, 3.63) is 59.7 Å². The summed E-state index contributed by atoms with van der Waals surface area (Å²) in [4.78, 5) is 78.1. The number of piperidine rings is 2. The fourth-order valence-electron chi connectivity index (χ4n) is 6.04. The Kier molecular flexibility index (Phi) is 8.98. The second-order valence-corrected chi connectivity index (χ2v) is 11.6. The van der Waals surface area contributed by atoms with Crippen molar-refractivity contribution in [2.75, 3.05) is 42.3 Å². The zero-order valence-corrected chi connectivity index (χ0v) is 25.6. The summed E-state index contributed by atoms with van der Waals surface area (Å²) in [6.45, 7) is 0.274. The summed E-state index contributed by atoms with van der Waals surface area (Å²) in [5, 5.41) is 26.0. The first kappa shape index (κ1) is 32.1. The second kappa shape index (κ2) is 13.4. The van der Waals surface area contributed by atoms with Crippen LogP contribution in [0.15, 0.2) is 48.5 Å². The number of nitrogens with one attached hydrogen (secondary N) is 3. The molecule has 3 aromatic rings. The molecule has 2 fully saturated rings. The van der Waals surface area contributed by atoms with E-state index < -0.39 is 48.1 Å². The van der Waals surface area contributed by atoms with E-state index in [2.05, 4.69) is 26.1 Å². The third-order valence-electron chi connectivity index (χ3n) is 8.39. The predicted octanol–water partition coefficient (Wildman–Crippen LogP) is 0.573. The lowest BCUT2D eigenvalue weighted by molar-refractivity contribution is -0.136. The maximum Gasteiger partial charge on any atom is 0.264 e. The molecular formula is C32H32N8O8. The molecule has 2 saturated heterocycles. The highest BCUT2D eigenvalue weighted by Gasteiger charge is 2.45. The SMILES string of the molecule is Nc1nnc(-c2ccccc2O)cc1N1CCC(NC(=O)COCC(=O)Nc2cccc3c2C(=O)N(C2CCC(=O)NC2=O)C3=O)CC1. The van der Waals surface area contributed by atoms with E-state index in [1.165, 1.54) is 18.2 Å². The molecule has 3 aliphatic heterocycles. The molecule has 1 atom stereocenters. The lowest BCUT2D eigenvalue weighted by Gasteiger charge is -2.34. The van der Waals surface area contributed by atoms with E-state index in [1.807, 2.05) is 4.90 Å². The van der Waals surface area contributed by atoms with Gasteiger partial charge in [-0.1, -0.05) is 18.2 Å². The highest BCUT2D eigenvalue weighted by atomic mass is 16.5. The van der Waals surface area contributed by atoms with Crippen molar-refractivity contribution in [2.45, 2.75) is 37.8 Å². The summed E-state index contributed by atoms with van der Waals surface area (Å²) in [5.74, 6) is -3.40. The highest BCUT2D eigenvalue weighted by molar-refractivity contribution is 6.26. The van der Waals surface area contributed by atoms with Crippen LogP contribution in [0.3, 0.4) is 0 Å². The van der Waals surface area contributed by atoms with Gasteiger partial charge in [-0.3, -0.25) is 39.0 Å². The van der Waals surface area contributed by atoms with E-state index in [4.69, 9.17) is 10.5 Å². The first-order valence-electron chi connectivity index (χ1n) is 15.3. The summed E-state index contributed by atoms with van der Waals surface area (Å²) < 4.78 is 5.32. The number of ether oxygens (including phenoxy) is 1. The molecule has 3 aliphatic rings. The molecule has 16 heteroatoms. The van der Waals surface area contributed by atoms with Gasteiger partial charge < -0.3 is 31.1 Å².